The van der Waals surface area contributed by atoms with Crippen molar-refractivity contribution in [1.82, 2.24) is 4.57 Å². The van der Waals surface area contributed by atoms with Gasteiger partial charge in [-0.3, -0.25) is 0 Å². The number of rotatable bonds is 15. The lowest BCUT2D eigenvalue weighted by molar-refractivity contribution is -0.884. The van der Waals surface area contributed by atoms with Crippen LogP contribution in [-0.4, -0.2) is 55.8 Å². The summed E-state index contributed by atoms with van der Waals surface area (Å²) in [5.74, 6) is 0.149. The predicted molar refractivity (Wildman–Crippen MR) is 172 cm³/mol. The van der Waals surface area contributed by atoms with Gasteiger partial charge >= 0.3 is 11.9 Å². The van der Waals surface area contributed by atoms with Gasteiger partial charge in [0.05, 0.1) is 40.4 Å². The summed E-state index contributed by atoms with van der Waals surface area (Å²) in [7, 11) is 7.84. The summed E-state index contributed by atoms with van der Waals surface area (Å²) in [6.45, 7) is 2.53. The molecule has 4 aromatic rings. The van der Waals surface area contributed by atoms with Gasteiger partial charge in [0.25, 0.3) is 0 Å². The molecule has 0 saturated heterocycles. The second kappa shape index (κ2) is 15.9. The number of benzene rings is 3. The number of nitrogens with zero attached hydrogens (tertiary/aromatic N) is 2. The lowest BCUT2D eigenvalue weighted by Crippen LogP contribution is -2.33. The molecular weight excluding hydrogens is 540 g/mol. The minimum absolute atomic E-state index is 0. The summed E-state index contributed by atoms with van der Waals surface area (Å²) < 4.78 is 19.4. The van der Waals surface area contributed by atoms with Crippen molar-refractivity contribution in [3.05, 3.63) is 101 Å². The molecule has 0 amide bonds. The maximum Gasteiger partial charge on any atom is 0.354 e. The number of fused-ring (bicyclic) bond motifs is 1. The fraction of sp³-hybridized carbons (Fsp3) is 0.389. The number of hydrogen-bond donors (Lipinski definition) is 0. The van der Waals surface area contributed by atoms with Crippen molar-refractivity contribution in [3.63, 3.8) is 0 Å². The second-order valence-corrected chi connectivity index (χ2v) is 11.7. The molecule has 0 unspecified atom stereocenters. The van der Waals surface area contributed by atoms with Crippen LogP contribution in [0.15, 0.2) is 78.9 Å². The van der Waals surface area contributed by atoms with Crippen molar-refractivity contribution in [1.29, 1.82) is 0 Å². The number of carbonyl (C=O) groups is 2. The Morgan fingerprint density at radius 1 is 0.767 bits per heavy atom. The standard InChI is InChI=1S/C35H43N2O5.CH4/c1-37(2,3)25-27-15-17-29(18-16-27)34(38)41-22-12-7-5-6-11-21-36-32-20-19-31(42-26-28-13-9-8-10-14-28)23-30(32)24-33(36)35(39)40-4;/h8-10,13-20,23-24H,5-7,11-12,21-22,25-26H2,1-4H3;1H4/q+1;. The van der Waals surface area contributed by atoms with Gasteiger partial charge in [-0.2, -0.15) is 0 Å². The second-order valence-electron chi connectivity index (χ2n) is 11.7. The van der Waals surface area contributed by atoms with Gasteiger partial charge in [-0.25, -0.2) is 9.59 Å². The highest BCUT2D eigenvalue weighted by Crippen LogP contribution is 2.27. The fourth-order valence-corrected chi connectivity index (χ4v) is 5.04. The number of hydrogen-bond acceptors (Lipinski definition) is 5. The third-order valence-corrected chi connectivity index (χ3v) is 7.12. The summed E-state index contributed by atoms with van der Waals surface area (Å²) in [6.07, 6.45) is 4.78. The number of ether oxygens (including phenoxy) is 3. The van der Waals surface area contributed by atoms with Crippen molar-refractivity contribution in [2.45, 2.75) is 59.2 Å². The van der Waals surface area contributed by atoms with Gasteiger partial charge in [0.15, 0.2) is 0 Å². The molecule has 0 fully saturated rings. The van der Waals surface area contributed by atoms with Crippen LogP contribution in [0, 0.1) is 0 Å². The Morgan fingerprint density at radius 2 is 1.47 bits per heavy atom. The number of aromatic nitrogens is 1. The van der Waals surface area contributed by atoms with Crippen molar-refractivity contribution >= 4 is 22.8 Å². The van der Waals surface area contributed by atoms with E-state index in [1.165, 1.54) is 12.7 Å². The molecule has 0 saturated carbocycles. The first-order valence-corrected chi connectivity index (χ1v) is 14.7. The van der Waals surface area contributed by atoms with Crippen LogP contribution < -0.4 is 4.74 Å². The molecule has 0 radical (unpaired) electrons. The summed E-state index contributed by atoms with van der Waals surface area (Å²) in [4.78, 5) is 24.9. The molecular formula is C36H47N2O5+. The Kier molecular flexibility index (Phi) is 12.4. The van der Waals surface area contributed by atoms with E-state index in [4.69, 9.17) is 14.2 Å². The van der Waals surface area contributed by atoms with Gasteiger partial charge in [-0.1, -0.05) is 69.2 Å². The van der Waals surface area contributed by atoms with Crippen LogP contribution in [0.2, 0.25) is 0 Å². The summed E-state index contributed by atoms with van der Waals surface area (Å²) in [5.41, 5.74) is 4.42. The van der Waals surface area contributed by atoms with Crippen LogP contribution in [0.25, 0.3) is 10.9 Å². The van der Waals surface area contributed by atoms with E-state index in [1.807, 2.05) is 83.4 Å². The summed E-state index contributed by atoms with van der Waals surface area (Å²) >= 11 is 0. The molecule has 230 valence electrons. The van der Waals surface area contributed by atoms with Gasteiger partial charge in [0, 0.05) is 23.0 Å². The maximum absolute atomic E-state index is 12.5. The van der Waals surface area contributed by atoms with Gasteiger partial charge in [-0.05, 0) is 54.8 Å². The Labute approximate surface area is 256 Å². The molecule has 0 spiro atoms. The number of quaternary nitrogens is 1. The van der Waals surface area contributed by atoms with E-state index < -0.39 is 0 Å². The third-order valence-electron chi connectivity index (χ3n) is 7.12. The van der Waals surface area contributed by atoms with Gasteiger partial charge in [-0.15, -0.1) is 0 Å². The van der Waals surface area contributed by atoms with Crippen molar-refractivity contribution in [2.75, 3.05) is 34.9 Å². The van der Waals surface area contributed by atoms with Crippen LogP contribution in [0.5, 0.6) is 5.75 Å². The molecule has 0 bridgehead atoms. The molecule has 0 aliphatic heterocycles. The highest BCUT2D eigenvalue weighted by Gasteiger charge is 2.17. The molecule has 43 heavy (non-hydrogen) atoms. The van der Waals surface area contributed by atoms with Crippen LogP contribution in [-0.2, 0) is 29.2 Å². The molecule has 0 atom stereocenters. The normalized spacial score (nSPS) is 11.2. The van der Waals surface area contributed by atoms with E-state index in [0.717, 1.165) is 71.9 Å². The minimum atomic E-state index is -0.345. The van der Waals surface area contributed by atoms with E-state index in [9.17, 15) is 9.59 Å². The Bertz CT molecular complexity index is 1450. The zero-order valence-corrected chi connectivity index (χ0v) is 25.3. The average molecular weight is 588 g/mol. The number of methoxy groups -OCH3 is 1. The van der Waals surface area contributed by atoms with E-state index in [0.29, 0.717) is 24.5 Å². The van der Waals surface area contributed by atoms with Gasteiger partial charge < -0.3 is 23.3 Å². The van der Waals surface area contributed by atoms with Crippen LogP contribution in [0.3, 0.4) is 0 Å². The van der Waals surface area contributed by atoms with E-state index in [-0.39, 0.29) is 19.4 Å². The average Bonchev–Trinajstić information content (AvgIpc) is 3.34. The lowest BCUT2D eigenvalue weighted by atomic mass is 10.1. The molecule has 0 N–H and O–H groups in total. The maximum atomic E-state index is 12.5. The van der Waals surface area contributed by atoms with Crippen molar-refractivity contribution < 1.29 is 28.3 Å². The Hall–Kier alpha value is -4.10. The SMILES string of the molecule is C.COC(=O)c1cc2cc(OCc3ccccc3)ccc2n1CCCCCCCOC(=O)c1ccc(C[N+](C)(C)C)cc1. The molecule has 7 heteroatoms. The largest absolute Gasteiger partial charge is 0.489 e. The fourth-order valence-electron chi connectivity index (χ4n) is 5.04. The van der Waals surface area contributed by atoms with Crippen molar-refractivity contribution in [3.8, 4) is 5.75 Å². The molecule has 0 aliphatic carbocycles. The quantitative estimate of drug-likeness (QED) is 0.0812. The summed E-state index contributed by atoms with van der Waals surface area (Å²) in [5, 5.41) is 0.950. The number of esters is 2. The molecule has 1 heterocycles. The smallest absolute Gasteiger partial charge is 0.354 e. The van der Waals surface area contributed by atoms with E-state index in [1.54, 1.807) is 0 Å². The van der Waals surface area contributed by atoms with E-state index in [2.05, 4.69) is 21.1 Å². The van der Waals surface area contributed by atoms with Crippen LogP contribution >= 0.6 is 0 Å². The number of unbranched alkanes of at least 4 members (excludes halogenated alkanes) is 4. The highest BCUT2D eigenvalue weighted by molar-refractivity contribution is 5.96. The number of carbonyl (C=O) groups excluding carboxylic acids is 2. The first-order chi connectivity index (χ1) is 20.2. The predicted octanol–water partition coefficient (Wildman–Crippen LogP) is 7.66. The van der Waals surface area contributed by atoms with Crippen LogP contribution in [0.4, 0.5) is 0 Å². The van der Waals surface area contributed by atoms with Gasteiger partial charge in [0.2, 0.25) is 0 Å². The Morgan fingerprint density at radius 3 is 2.16 bits per heavy atom. The topological polar surface area (TPSA) is 66.8 Å². The van der Waals surface area contributed by atoms with Crippen LogP contribution in [0.1, 0.15) is 71.5 Å². The molecule has 3 aromatic carbocycles. The third kappa shape index (κ3) is 10.00. The Balaban J connectivity index is 0.00000506. The monoisotopic (exact) mass is 587 g/mol. The molecule has 4 rings (SSSR count). The molecule has 0 aliphatic rings. The minimum Gasteiger partial charge on any atom is -0.489 e. The highest BCUT2D eigenvalue weighted by atomic mass is 16.5. The zero-order chi connectivity index (χ0) is 30.0. The summed E-state index contributed by atoms with van der Waals surface area (Å²) in [6, 6.07) is 25.5. The molecule has 7 nitrogen and oxygen atoms in total. The lowest BCUT2D eigenvalue weighted by Gasteiger charge is -2.23. The van der Waals surface area contributed by atoms with Gasteiger partial charge in [0.1, 0.15) is 24.6 Å². The first-order valence-electron chi connectivity index (χ1n) is 14.7. The number of aryl methyl sites for hydroxylation is 1. The molecule has 1 aromatic heterocycles. The zero-order valence-electron chi connectivity index (χ0n) is 25.3. The van der Waals surface area contributed by atoms with Crippen molar-refractivity contribution in [2.24, 2.45) is 0 Å². The van der Waals surface area contributed by atoms with E-state index >= 15 is 0 Å². The first kappa shape index (κ1) is 33.4.